The maximum absolute atomic E-state index is 12.0. The van der Waals surface area contributed by atoms with Crippen molar-refractivity contribution < 1.29 is 19.4 Å². The second kappa shape index (κ2) is 7.07. The molecule has 1 aliphatic heterocycles. The van der Waals surface area contributed by atoms with Crippen LogP contribution < -0.4 is 5.32 Å². The molecule has 0 radical (unpaired) electrons. The normalized spacial score (nSPS) is 21.3. The van der Waals surface area contributed by atoms with Crippen molar-refractivity contribution in [1.29, 1.82) is 0 Å². The maximum atomic E-state index is 12.0. The molecule has 0 saturated carbocycles. The predicted molar refractivity (Wildman–Crippen MR) is 89.0 cm³/mol. The molecule has 1 aromatic rings. The van der Waals surface area contributed by atoms with Crippen LogP contribution in [0.1, 0.15) is 30.4 Å². The van der Waals surface area contributed by atoms with Crippen molar-refractivity contribution in [2.75, 3.05) is 19.6 Å². The maximum Gasteiger partial charge on any atom is 0.410 e. The molecular weight excluding hydrogens is 340 g/mol. The average molecular weight is 361 g/mol. The van der Waals surface area contributed by atoms with Gasteiger partial charge in [0, 0.05) is 19.0 Å². The zero-order valence-electron chi connectivity index (χ0n) is 13.3. The van der Waals surface area contributed by atoms with Gasteiger partial charge in [-0.15, -0.1) is 11.3 Å². The summed E-state index contributed by atoms with van der Waals surface area (Å²) in [6, 6.07) is 3.32. The van der Waals surface area contributed by atoms with Crippen LogP contribution in [0.25, 0.3) is 0 Å². The highest BCUT2D eigenvalue weighted by Crippen LogP contribution is 2.22. The van der Waals surface area contributed by atoms with Gasteiger partial charge in [-0.25, -0.2) is 4.79 Å². The molecule has 1 fully saturated rings. The van der Waals surface area contributed by atoms with Crippen molar-refractivity contribution in [3.8, 4) is 0 Å². The minimum Gasteiger partial charge on any atom is -0.444 e. The lowest BCUT2D eigenvalue weighted by molar-refractivity contribution is 0.0269. The molecule has 1 aromatic heterocycles. The van der Waals surface area contributed by atoms with Gasteiger partial charge in [-0.2, -0.15) is 0 Å². The van der Waals surface area contributed by atoms with Crippen LogP contribution >= 0.6 is 22.9 Å². The summed E-state index contributed by atoms with van der Waals surface area (Å²) in [7, 11) is 0. The molecule has 8 heteroatoms. The second-order valence-corrected chi connectivity index (χ2v) is 8.24. The SMILES string of the molecule is CC(C)(C)OC(=O)N1C[C@@H](CNC(=O)c2ccc(Cl)s2)[C@H](O)C1. The molecule has 2 rings (SSSR count). The third-order valence-electron chi connectivity index (χ3n) is 3.38. The lowest BCUT2D eigenvalue weighted by Gasteiger charge is -2.24. The Morgan fingerprint density at radius 1 is 1.43 bits per heavy atom. The van der Waals surface area contributed by atoms with Crippen molar-refractivity contribution >= 4 is 34.9 Å². The topological polar surface area (TPSA) is 78.9 Å². The fourth-order valence-electron chi connectivity index (χ4n) is 2.28. The van der Waals surface area contributed by atoms with Crippen LogP contribution in [0.3, 0.4) is 0 Å². The fraction of sp³-hybridized carbons (Fsp3) is 0.600. The van der Waals surface area contributed by atoms with Crippen LogP contribution in [0.15, 0.2) is 12.1 Å². The molecule has 0 unspecified atom stereocenters. The van der Waals surface area contributed by atoms with Gasteiger partial charge in [0.1, 0.15) is 5.60 Å². The van der Waals surface area contributed by atoms with Crippen molar-refractivity contribution in [3.63, 3.8) is 0 Å². The van der Waals surface area contributed by atoms with E-state index in [9.17, 15) is 14.7 Å². The summed E-state index contributed by atoms with van der Waals surface area (Å²) < 4.78 is 5.84. The van der Waals surface area contributed by atoms with E-state index in [4.69, 9.17) is 16.3 Å². The number of thiophene rings is 1. The van der Waals surface area contributed by atoms with Crippen LogP contribution in [0.4, 0.5) is 4.79 Å². The van der Waals surface area contributed by atoms with Gasteiger partial charge in [-0.3, -0.25) is 4.79 Å². The first-order valence-corrected chi connectivity index (χ1v) is 8.54. The van der Waals surface area contributed by atoms with Gasteiger partial charge in [0.2, 0.25) is 0 Å². The van der Waals surface area contributed by atoms with Crippen LogP contribution in [0.2, 0.25) is 4.34 Å². The number of rotatable bonds is 3. The van der Waals surface area contributed by atoms with Gasteiger partial charge in [0.25, 0.3) is 5.91 Å². The third-order valence-corrected chi connectivity index (χ3v) is 4.61. The number of aliphatic hydroxyl groups excluding tert-OH is 1. The molecule has 2 atom stereocenters. The summed E-state index contributed by atoms with van der Waals surface area (Å²) in [5.74, 6) is -0.452. The highest BCUT2D eigenvalue weighted by atomic mass is 35.5. The van der Waals surface area contributed by atoms with Gasteiger partial charge in [-0.05, 0) is 32.9 Å². The standard InChI is InChI=1S/C15H21ClN2O4S/c1-15(2,3)22-14(21)18-7-9(10(19)8-18)6-17-13(20)11-4-5-12(16)23-11/h4-5,9-10,19H,6-8H2,1-3H3,(H,17,20)/t9-,10-/m1/s1. The molecule has 6 nitrogen and oxygen atoms in total. The molecule has 2 heterocycles. The Morgan fingerprint density at radius 3 is 2.70 bits per heavy atom. The number of likely N-dealkylation sites (tertiary alicyclic amines) is 1. The molecule has 128 valence electrons. The Morgan fingerprint density at radius 2 is 2.13 bits per heavy atom. The third kappa shape index (κ3) is 5.09. The number of hydrogen-bond donors (Lipinski definition) is 2. The summed E-state index contributed by atoms with van der Waals surface area (Å²) in [6.45, 7) is 6.22. The fourth-order valence-corrected chi connectivity index (χ4v) is 3.24. The Bertz CT molecular complexity index is 584. The number of halogens is 1. The average Bonchev–Trinajstić information content (AvgIpc) is 3.01. The van der Waals surface area contributed by atoms with Gasteiger partial charge in [0.05, 0.1) is 21.9 Å². The second-order valence-electron chi connectivity index (χ2n) is 6.53. The largest absolute Gasteiger partial charge is 0.444 e. The van der Waals surface area contributed by atoms with E-state index < -0.39 is 17.8 Å². The number of β-amino-alcohol motifs (C(OH)–C–C–N with tert-alkyl or cyclic N) is 1. The quantitative estimate of drug-likeness (QED) is 0.867. The summed E-state index contributed by atoms with van der Waals surface area (Å²) in [4.78, 5) is 26.0. The number of nitrogens with one attached hydrogen (secondary N) is 1. The summed E-state index contributed by atoms with van der Waals surface area (Å²) >= 11 is 7.00. The molecule has 1 saturated heterocycles. The first-order chi connectivity index (χ1) is 10.7. The van der Waals surface area contributed by atoms with E-state index in [0.29, 0.717) is 15.8 Å². The van der Waals surface area contributed by atoms with Crippen LogP contribution in [-0.4, -0.2) is 53.3 Å². The molecule has 0 bridgehead atoms. The van der Waals surface area contributed by atoms with Crippen LogP contribution in [0.5, 0.6) is 0 Å². The van der Waals surface area contributed by atoms with Crippen molar-refractivity contribution in [2.24, 2.45) is 5.92 Å². The minimum absolute atomic E-state index is 0.209. The number of aliphatic hydroxyl groups is 1. The Balaban J connectivity index is 1.85. The molecule has 2 N–H and O–H groups in total. The number of hydrogen-bond acceptors (Lipinski definition) is 5. The molecule has 0 spiro atoms. The zero-order valence-corrected chi connectivity index (χ0v) is 14.9. The molecule has 0 aromatic carbocycles. The molecular formula is C15H21ClN2O4S. The lowest BCUT2D eigenvalue weighted by atomic mass is 10.1. The van der Waals surface area contributed by atoms with E-state index in [1.807, 2.05) is 0 Å². The Kier molecular flexibility index (Phi) is 5.54. The molecule has 1 aliphatic rings. The summed E-state index contributed by atoms with van der Waals surface area (Å²) in [6.07, 6.45) is -1.13. The number of nitrogens with zero attached hydrogens (tertiary/aromatic N) is 1. The van der Waals surface area contributed by atoms with Gasteiger partial charge in [0.15, 0.2) is 0 Å². The number of carbonyl (C=O) groups excluding carboxylic acids is 2. The Labute approximate surface area is 144 Å². The monoisotopic (exact) mass is 360 g/mol. The van der Waals surface area contributed by atoms with Crippen molar-refractivity contribution in [1.82, 2.24) is 10.2 Å². The lowest BCUT2D eigenvalue weighted by Crippen LogP contribution is -2.36. The van der Waals surface area contributed by atoms with Crippen LogP contribution in [0, 0.1) is 5.92 Å². The summed E-state index contributed by atoms with van der Waals surface area (Å²) in [5, 5.41) is 12.8. The first kappa shape index (κ1) is 18.0. The zero-order chi connectivity index (χ0) is 17.2. The number of ether oxygens (including phenoxy) is 1. The summed E-state index contributed by atoms with van der Waals surface area (Å²) in [5.41, 5.74) is -0.577. The smallest absolute Gasteiger partial charge is 0.410 e. The van der Waals surface area contributed by atoms with Gasteiger partial charge in [-0.1, -0.05) is 11.6 Å². The highest BCUT2D eigenvalue weighted by molar-refractivity contribution is 7.17. The minimum atomic E-state index is -0.685. The molecule has 0 aliphatic carbocycles. The van der Waals surface area contributed by atoms with E-state index in [1.165, 1.54) is 16.2 Å². The van der Waals surface area contributed by atoms with E-state index in [0.717, 1.165) is 0 Å². The van der Waals surface area contributed by atoms with E-state index in [2.05, 4.69) is 5.32 Å². The van der Waals surface area contributed by atoms with Crippen molar-refractivity contribution in [3.05, 3.63) is 21.3 Å². The van der Waals surface area contributed by atoms with E-state index >= 15 is 0 Å². The number of carbonyl (C=O) groups is 2. The van der Waals surface area contributed by atoms with Gasteiger partial charge < -0.3 is 20.1 Å². The predicted octanol–water partition coefficient (Wildman–Crippen LogP) is 2.36. The molecule has 23 heavy (non-hydrogen) atoms. The highest BCUT2D eigenvalue weighted by Gasteiger charge is 2.36. The van der Waals surface area contributed by atoms with Crippen LogP contribution in [-0.2, 0) is 4.74 Å². The number of amides is 2. The molecule has 2 amide bonds. The Hall–Kier alpha value is -1.31. The van der Waals surface area contributed by atoms with Gasteiger partial charge >= 0.3 is 6.09 Å². The van der Waals surface area contributed by atoms with Crippen molar-refractivity contribution in [2.45, 2.75) is 32.5 Å². The first-order valence-electron chi connectivity index (χ1n) is 7.35. The van der Waals surface area contributed by atoms with E-state index in [1.54, 1.807) is 32.9 Å². The van der Waals surface area contributed by atoms with E-state index in [-0.39, 0.29) is 24.9 Å².